The van der Waals surface area contributed by atoms with Gasteiger partial charge >= 0.3 is 0 Å². The summed E-state index contributed by atoms with van der Waals surface area (Å²) in [5.41, 5.74) is 9.34. The van der Waals surface area contributed by atoms with Crippen LogP contribution in [0.15, 0.2) is 36.4 Å². The minimum Gasteiger partial charge on any atom is -0.497 e. The molecule has 2 aromatic rings. The lowest BCUT2D eigenvalue weighted by Gasteiger charge is -2.18. The number of nitrogens with two attached hydrogens (primary N) is 1. The third kappa shape index (κ3) is 3.11. The molecule has 2 N–H and O–H groups in total. The van der Waals surface area contributed by atoms with Crippen molar-refractivity contribution in [2.75, 3.05) is 21.3 Å². The summed E-state index contributed by atoms with van der Waals surface area (Å²) in [4.78, 5) is 0. The second-order valence-electron chi connectivity index (χ2n) is 4.81. The Morgan fingerprint density at radius 1 is 0.857 bits per heavy atom. The van der Waals surface area contributed by atoms with Crippen LogP contribution in [-0.4, -0.2) is 21.3 Å². The Balaban J connectivity index is 2.43. The van der Waals surface area contributed by atoms with E-state index in [-0.39, 0.29) is 6.04 Å². The summed E-state index contributed by atoms with van der Waals surface area (Å²) in [5, 5.41) is 0. The van der Waals surface area contributed by atoms with Gasteiger partial charge in [0.25, 0.3) is 0 Å². The Hall–Kier alpha value is -2.20. The van der Waals surface area contributed by atoms with Gasteiger partial charge in [0.05, 0.1) is 27.4 Å². The molecule has 0 fully saturated rings. The molecule has 0 saturated carbocycles. The van der Waals surface area contributed by atoms with Crippen molar-refractivity contribution >= 4 is 0 Å². The lowest BCUT2D eigenvalue weighted by atomic mass is 9.97. The second kappa shape index (κ2) is 6.50. The minimum absolute atomic E-state index is 0.292. The van der Waals surface area contributed by atoms with Gasteiger partial charge in [0.15, 0.2) is 0 Å². The molecule has 0 aliphatic heterocycles. The van der Waals surface area contributed by atoms with Crippen molar-refractivity contribution in [2.24, 2.45) is 5.73 Å². The normalized spacial score (nSPS) is 11.9. The monoisotopic (exact) mass is 287 g/mol. The van der Waals surface area contributed by atoms with Crippen molar-refractivity contribution in [1.29, 1.82) is 0 Å². The summed E-state index contributed by atoms with van der Waals surface area (Å²) in [6.07, 6.45) is 0. The first kappa shape index (κ1) is 15.2. The van der Waals surface area contributed by atoms with E-state index in [4.69, 9.17) is 19.9 Å². The summed E-state index contributed by atoms with van der Waals surface area (Å²) in [6, 6.07) is 11.3. The Bertz CT molecular complexity index is 625. The quantitative estimate of drug-likeness (QED) is 0.918. The molecular weight excluding hydrogens is 266 g/mol. The zero-order chi connectivity index (χ0) is 15.4. The fourth-order valence-electron chi connectivity index (χ4n) is 2.36. The summed E-state index contributed by atoms with van der Waals surface area (Å²) < 4.78 is 16.0. The Morgan fingerprint density at radius 2 is 1.52 bits per heavy atom. The van der Waals surface area contributed by atoms with E-state index in [0.717, 1.165) is 33.9 Å². The average Bonchev–Trinajstić information content (AvgIpc) is 2.53. The summed E-state index contributed by atoms with van der Waals surface area (Å²) in [7, 11) is 4.93. The van der Waals surface area contributed by atoms with Crippen LogP contribution in [0.3, 0.4) is 0 Å². The molecule has 0 radical (unpaired) electrons. The summed E-state index contributed by atoms with van der Waals surface area (Å²) >= 11 is 0. The summed E-state index contributed by atoms with van der Waals surface area (Å²) in [6.45, 7) is 2.00. The molecule has 2 rings (SSSR count). The third-order valence-corrected chi connectivity index (χ3v) is 3.55. The molecular formula is C17H21NO3. The van der Waals surface area contributed by atoms with Crippen molar-refractivity contribution in [3.05, 3.63) is 53.1 Å². The first-order chi connectivity index (χ1) is 10.1. The second-order valence-corrected chi connectivity index (χ2v) is 4.81. The smallest absolute Gasteiger partial charge is 0.124 e. The van der Waals surface area contributed by atoms with Gasteiger partial charge < -0.3 is 19.9 Å². The molecule has 1 atom stereocenters. The molecule has 0 bridgehead atoms. The number of hydrogen-bond acceptors (Lipinski definition) is 4. The summed E-state index contributed by atoms with van der Waals surface area (Å²) in [5.74, 6) is 2.35. The van der Waals surface area contributed by atoms with Crippen LogP contribution in [0.5, 0.6) is 17.2 Å². The molecule has 4 nitrogen and oxygen atoms in total. The zero-order valence-electron chi connectivity index (χ0n) is 12.8. The van der Waals surface area contributed by atoms with E-state index in [2.05, 4.69) is 0 Å². The molecule has 1 unspecified atom stereocenters. The highest BCUT2D eigenvalue weighted by Crippen LogP contribution is 2.33. The number of methoxy groups -OCH3 is 3. The van der Waals surface area contributed by atoms with Gasteiger partial charge in [0, 0.05) is 5.56 Å². The molecule has 0 amide bonds. The van der Waals surface area contributed by atoms with E-state index in [1.807, 2.05) is 43.3 Å². The van der Waals surface area contributed by atoms with Gasteiger partial charge in [-0.05, 0) is 42.3 Å². The predicted octanol–water partition coefficient (Wildman–Crippen LogP) is 3.07. The Kier molecular flexibility index (Phi) is 4.70. The minimum atomic E-state index is -0.292. The molecule has 4 heteroatoms. The van der Waals surface area contributed by atoms with Crippen molar-refractivity contribution in [1.82, 2.24) is 0 Å². The van der Waals surface area contributed by atoms with Crippen LogP contribution in [0.2, 0.25) is 0 Å². The van der Waals surface area contributed by atoms with E-state index in [0.29, 0.717) is 0 Å². The van der Waals surface area contributed by atoms with Crippen molar-refractivity contribution in [3.63, 3.8) is 0 Å². The van der Waals surface area contributed by atoms with Crippen LogP contribution in [0.25, 0.3) is 0 Å². The predicted molar refractivity (Wildman–Crippen MR) is 83.3 cm³/mol. The Labute approximate surface area is 125 Å². The first-order valence-electron chi connectivity index (χ1n) is 6.72. The molecule has 21 heavy (non-hydrogen) atoms. The van der Waals surface area contributed by atoms with Crippen LogP contribution in [-0.2, 0) is 0 Å². The molecule has 0 spiro atoms. The van der Waals surface area contributed by atoms with E-state index in [1.165, 1.54) is 0 Å². The maximum absolute atomic E-state index is 6.40. The van der Waals surface area contributed by atoms with Crippen LogP contribution in [0.1, 0.15) is 22.7 Å². The van der Waals surface area contributed by atoms with Crippen molar-refractivity contribution < 1.29 is 14.2 Å². The molecule has 0 aliphatic rings. The van der Waals surface area contributed by atoms with Gasteiger partial charge in [0.2, 0.25) is 0 Å². The van der Waals surface area contributed by atoms with E-state index in [1.54, 1.807) is 21.3 Å². The van der Waals surface area contributed by atoms with E-state index in [9.17, 15) is 0 Å². The molecule has 0 aliphatic carbocycles. The van der Waals surface area contributed by atoms with Gasteiger partial charge in [-0.3, -0.25) is 0 Å². The maximum atomic E-state index is 6.40. The SMILES string of the molecule is COc1ccc(OC)c(C(N)c2ccc(OC)c(C)c2)c1. The van der Waals surface area contributed by atoms with Gasteiger partial charge in [-0.1, -0.05) is 12.1 Å². The fourth-order valence-corrected chi connectivity index (χ4v) is 2.36. The molecule has 112 valence electrons. The number of hydrogen-bond donors (Lipinski definition) is 1. The topological polar surface area (TPSA) is 53.7 Å². The number of benzene rings is 2. The van der Waals surface area contributed by atoms with Crippen LogP contribution >= 0.6 is 0 Å². The molecule has 0 heterocycles. The van der Waals surface area contributed by atoms with Gasteiger partial charge in [-0.2, -0.15) is 0 Å². The largest absolute Gasteiger partial charge is 0.497 e. The van der Waals surface area contributed by atoms with Crippen molar-refractivity contribution in [3.8, 4) is 17.2 Å². The van der Waals surface area contributed by atoms with E-state index < -0.39 is 0 Å². The average molecular weight is 287 g/mol. The highest BCUT2D eigenvalue weighted by atomic mass is 16.5. The third-order valence-electron chi connectivity index (χ3n) is 3.55. The number of ether oxygens (including phenoxy) is 3. The first-order valence-corrected chi connectivity index (χ1v) is 6.72. The molecule has 0 saturated heterocycles. The highest BCUT2D eigenvalue weighted by molar-refractivity contribution is 5.47. The Morgan fingerprint density at radius 3 is 2.10 bits per heavy atom. The van der Waals surface area contributed by atoms with Gasteiger partial charge in [-0.25, -0.2) is 0 Å². The highest BCUT2D eigenvalue weighted by Gasteiger charge is 2.16. The standard InChI is InChI=1S/C17H21NO3/c1-11-9-12(5-7-15(11)20-3)17(18)14-10-13(19-2)6-8-16(14)21-4/h5-10,17H,18H2,1-4H3. The molecule has 0 aromatic heterocycles. The zero-order valence-corrected chi connectivity index (χ0v) is 12.8. The maximum Gasteiger partial charge on any atom is 0.124 e. The van der Waals surface area contributed by atoms with E-state index >= 15 is 0 Å². The van der Waals surface area contributed by atoms with Crippen molar-refractivity contribution in [2.45, 2.75) is 13.0 Å². The van der Waals surface area contributed by atoms with Gasteiger partial charge in [-0.15, -0.1) is 0 Å². The van der Waals surface area contributed by atoms with Crippen LogP contribution in [0, 0.1) is 6.92 Å². The van der Waals surface area contributed by atoms with Crippen LogP contribution in [0.4, 0.5) is 0 Å². The number of rotatable bonds is 5. The van der Waals surface area contributed by atoms with Crippen LogP contribution < -0.4 is 19.9 Å². The fraction of sp³-hybridized carbons (Fsp3) is 0.294. The van der Waals surface area contributed by atoms with Gasteiger partial charge in [0.1, 0.15) is 17.2 Å². The lowest BCUT2D eigenvalue weighted by molar-refractivity contribution is 0.397. The number of aryl methyl sites for hydroxylation is 1. The lowest BCUT2D eigenvalue weighted by Crippen LogP contribution is -2.13. The molecule has 2 aromatic carbocycles.